The van der Waals surface area contributed by atoms with Gasteiger partial charge in [-0.25, -0.2) is 13.9 Å². The zero-order valence-corrected chi connectivity index (χ0v) is 45.0. The molecule has 408 valence electrons. The number of phosphoric ester groups is 2. The Kier molecular flexibility index (Phi) is 34.2. The smallest absolute Gasteiger partial charge is 0.462 e. The number of aliphatic hydroxyl groups is 2. The molecule has 1 aliphatic rings. The fourth-order valence-electron chi connectivity index (χ4n) is 8.36. The molecule has 0 aromatic carbocycles. The summed E-state index contributed by atoms with van der Waals surface area (Å²) < 4.78 is 56.8. The molecule has 0 radical (unpaired) electrons. The number of nitrogens with zero attached hydrogens (tertiary/aromatic N) is 2. The Labute approximate surface area is 419 Å². The summed E-state index contributed by atoms with van der Waals surface area (Å²) in [5.74, 6) is 0.282. The average Bonchev–Trinajstić information content (AvgIpc) is 3.58. The predicted molar refractivity (Wildman–Crippen MR) is 270 cm³/mol. The molecule has 1 aromatic heterocycles. The number of rotatable bonds is 44. The van der Waals surface area contributed by atoms with Gasteiger partial charge in [-0.2, -0.15) is 9.29 Å². The van der Waals surface area contributed by atoms with Gasteiger partial charge in [0.25, 0.3) is 0 Å². The van der Waals surface area contributed by atoms with Crippen LogP contribution in [0.4, 0.5) is 5.82 Å². The van der Waals surface area contributed by atoms with Gasteiger partial charge in [0.1, 0.15) is 30.7 Å². The number of phosphoric acid groups is 2. The van der Waals surface area contributed by atoms with Gasteiger partial charge in [0.2, 0.25) is 0 Å². The van der Waals surface area contributed by atoms with Gasteiger partial charge < -0.3 is 39.9 Å². The van der Waals surface area contributed by atoms with Crippen molar-refractivity contribution in [1.29, 1.82) is 0 Å². The van der Waals surface area contributed by atoms with Crippen LogP contribution in [-0.4, -0.2) is 85.7 Å². The number of aromatic nitrogens is 2. The van der Waals surface area contributed by atoms with E-state index in [9.17, 15) is 43.5 Å². The first-order chi connectivity index (χ1) is 33.4. The minimum Gasteiger partial charge on any atom is -0.462 e. The van der Waals surface area contributed by atoms with Crippen molar-refractivity contribution in [3.05, 3.63) is 22.7 Å². The molecule has 18 nitrogen and oxygen atoms in total. The van der Waals surface area contributed by atoms with E-state index in [0.29, 0.717) is 18.8 Å². The summed E-state index contributed by atoms with van der Waals surface area (Å²) in [6.45, 7) is 6.78. The molecule has 1 aliphatic heterocycles. The number of carbonyl (C=O) groups excluding carboxylic acids is 2. The molecule has 0 saturated carbocycles. The quantitative estimate of drug-likeness (QED) is 0.0231. The van der Waals surface area contributed by atoms with Gasteiger partial charge in [0.05, 0.1) is 13.2 Å². The highest BCUT2D eigenvalue weighted by Gasteiger charge is 2.46. The number of ether oxygens (including phenoxy) is 3. The van der Waals surface area contributed by atoms with Gasteiger partial charge in [-0.3, -0.25) is 23.2 Å². The number of esters is 2. The maximum Gasteiger partial charge on any atom is 0.481 e. The van der Waals surface area contributed by atoms with Crippen molar-refractivity contribution in [3.63, 3.8) is 0 Å². The lowest BCUT2D eigenvalue weighted by atomic mass is 9.99. The van der Waals surface area contributed by atoms with Crippen LogP contribution in [0.1, 0.15) is 227 Å². The third kappa shape index (κ3) is 30.7. The summed E-state index contributed by atoms with van der Waals surface area (Å²) in [6.07, 6.45) is 26.5. The highest BCUT2D eigenvalue weighted by Crippen LogP contribution is 2.60. The lowest BCUT2D eigenvalue weighted by Crippen LogP contribution is -2.36. The van der Waals surface area contributed by atoms with Gasteiger partial charge >= 0.3 is 33.3 Å². The maximum absolute atomic E-state index is 12.8. The van der Waals surface area contributed by atoms with E-state index in [1.165, 1.54) is 134 Å². The zero-order chi connectivity index (χ0) is 51.6. The number of unbranched alkanes of at least 4 members (excludes halogenated alkanes) is 23. The van der Waals surface area contributed by atoms with E-state index in [1.54, 1.807) is 0 Å². The lowest BCUT2D eigenvalue weighted by molar-refractivity contribution is -0.161. The van der Waals surface area contributed by atoms with E-state index in [-0.39, 0.29) is 18.7 Å². The number of hydrogen-bond donors (Lipinski definition) is 5. The van der Waals surface area contributed by atoms with E-state index in [0.717, 1.165) is 55.4 Å². The van der Waals surface area contributed by atoms with Crippen molar-refractivity contribution in [2.24, 2.45) is 11.8 Å². The molecule has 8 atom stereocenters. The molecule has 0 amide bonds. The van der Waals surface area contributed by atoms with Crippen LogP contribution in [0, 0.1) is 11.8 Å². The Morgan fingerprint density at radius 2 is 1.14 bits per heavy atom. The van der Waals surface area contributed by atoms with Crippen LogP contribution in [-0.2, 0) is 46.3 Å². The van der Waals surface area contributed by atoms with Gasteiger partial charge in [-0.1, -0.05) is 195 Å². The molecule has 0 spiro atoms. The van der Waals surface area contributed by atoms with E-state index >= 15 is 0 Å². The molecule has 4 unspecified atom stereocenters. The average molecular weight is 1040 g/mol. The van der Waals surface area contributed by atoms with Crippen LogP contribution in [0.25, 0.3) is 0 Å². The minimum absolute atomic E-state index is 0.0535. The Morgan fingerprint density at radius 3 is 1.63 bits per heavy atom. The van der Waals surface area contributed by atoms with Crippen LogP contribution >= 0.6 is 15.6 Å². The largest absolute Gasteiger partial charge is 0.481 e. The molecule has 70 heavy (non-hydrogen) atoms. The fraction of sp³-hybridized carbons (Fsp3) is 0.880. The van der Waals surface area contributed by atoms with Crippen molar-refractivity contribution in [3.8, 4) is 0 Å². The Morgan fingerprint density at radius 1 is 0.686 bits per heavy atom. The first-order valence-electron chi connectivity index (χ1n) is 26.8. The second-order valence-corrected chi connectivity index (χ2v) is 22.9. The molecular formula is C50H93N3O15P2. The Bertz CT molecular complexity index is 1700. The number of hydrogen-bond acceptors (Lipinski definition) is 15. The van der Waals surface area contributed by atoms with Gasteiger partial charge in [-0.15, -0.1) is 0 Å². The number of nitrogen functional groups attached to an aromatic ring is 1. The first kappa shape index (κ1) is 63.9. The van der Waals surface area contributed by atoms with Crippen LogP contribution in [0.15, 0.2) is 17.1 Å². The molecule has 1 fully saturated rings. The summed E-state index contributed by atoms with van der Waals surface area (Å²) in [7, 11) is -10.8. The monoisotopic (exact) mass is 1040 g/mol. The zero-order valence-electron chi connectivity index (χ0n) is 43.2. The van der Waals surface area contributed by atoms with Gasteiger partial charge in [0, 0.05) is 19.0 Å². The molecule has 2 heterocycles. The number of carbonyl (C=O) groups is 2. The van der Waals surface area contributed by atoms with Crippen molar-refractivity contribution >= 4 is 33.4 Å². The van der Waals surface area contributed by atoms with Crippen molar-refractivity contribution < 1.29 is 66.3 Å². The SMILES string of the molecule is CCC(C)CCCCCCCCCCCCCCCCCCCCC(=O)OC[C@H](COP(=O)(O)OP(=O)(O)OC[C@H]1O[C@@H](n2ccc(N)nc2=O)C(O)[C@H]1O)OC(=O)CCCCCCCCCC(C)C. The summed E-state index contributed by atoms with van der Waals surface area (Å²) in [6, 6.07) is 1.25. The number of aliphatic hydroxyl groups excluding tert-OH is 2. The van der Waals surface area contributed by atoms with Crippen molar-refractivity contribution in [2.45, 2.75) is 251 Å². The van der Waals surface area contributed by atoms with Crippen LogP contribution < -0.4 is 11.4 Å². The van der Waals surface area contributed by atoms with Gasteiger partial charge in [-0.05, 0) is 30.7 Å². The molecule has 1 saturated heterocycles. The summed E-state index contributed by atoms with van der Waals surface area (Å²) >= 11 is 0. The number of anilines is 1. The second-order valence-electron chi connectivity index (χ2n) is 19.8. The highest BCUT2D eigenvalue weighted by atomic mass is 31.3. The molecule has 0 aliphatic carbocycles. The third-order valence-corrected chi connectivity index (χ3v) is 15.5. The number of nitrogens with two attached hydrogens (primary N) is 1. The fourth-order valence-corrected chi connectivity index (χ4v) is 10.5. The highest BCUT2D eigenvalue weighted by molar-refractivity contribution is 7.61. The van der Waals surface area contributed by atoms with E-state index in [4.69, 9.17) is 29.0 Å². The molecular weight excluding hydrogens is 945 g/mol. The molecule has 2 rings (SSSR count). The summed E-state index contributed by atoms with van der Waals surface area (Å²) in [5.41, 5.74) is 4.59. The van der Waals surface area contributed by atoms with E-state index < -0.39 is 83.7 Å². The summed E-state index contributed by atoms with van der Waals surface area (Å²) in [4.78, 5) is 61.9. The Balaban J connectivity index is 1.71. The standard InChI is InChI=1S/C50H93N3O15P2/c1-5-41(4)32-28-24-20-16-14-12-10-8-6-7-9-11-13-15-17-21-25-29-33-45(54)63-37-42(66-46(55)34-30-26-22-18-19-23-27-31-40(2)3)38-64-69(59,60)68-70(61,62)65-39-43-47(56)48(57)49(67-43)53-36-35-44(51)52-50(53)58/h35-36,40-43,47-49,56-57H,5-34,37-39H2,1-4H3,(H,59,60)(H,61,62)(H2,51,52,58)/t41?,42-,43-,47+,48?,49-/m1/s1. The molecule has 6 N–H and O–H groups in total. The molecule has 1 aromatic rings. The van der Waals surface area contributed by atoms with Crippen molar-refractivity contribution in [2.75, 3.05) is 25.6 Å². The van der Waals surface area contributed by atoms with Crippen LogP contribution in [0.2, 0.25) is 0 Å². The van der Waals surface area contributed by atoms with Gasteiger partial charge in [0.15, 0.2) is 12.3 Å². The minimum atomic E-state index is -5.42. The summed E-state index contributed by atoms with van der Waals surface area (Å²) in [5, 5.41) is 20.9. The second kappa shape index (κ2) is 37.5. The lowest BCUT2D eigenvalue weighted by Gasteiger charge is -2.21. The topological polar surface area (TPSA) is 265 Å². The first-order valence-corrected chi connectivity index (χ1v) is 29.8. The van der Waals surface area contributed by atoms with E-state index in [2.05, 4.69) is 37.0 Å². The maximum atomic E-state index is 12.8. The third-order valence-electron chi connectivity index (χ3n) is 12.9. The van der Waals surface area contributed by atoms with Crippen LogP contribution in [0.5, 0.6) is 0 Å². The Hall–Kier alpha value is -2.24. The van der Waals surface area contributed by atoms with E-state index in [1.807, 2.05) is 0 Å². The van der Waals surface area contributed by atoms with Crippen LogP contribution in [0.3, 0.4) is 0 Å². The normalized spacial score (nSPS) is 19.7. The molecule has 0 bridgehead atoms. The van der Waals surface area contributed by atoms with Crippen molar-refractivity contribution in [1.82, 2.24) is 9.55 Å². The predicted octanol–water partition coefficient (Wildman–Crippen LogP) is 11.2. The molecule has 20 heteroatoms.